The van der Waals surface area contributed by atoms with Crippen LogP contribution in [-0.2, 0) is 0 Å². The second kappa shape index (κ2) is 8.39. The molecule has 22 heavy (non-hydrogen) atoms. The lowest BCUT2D eigenvalue weighted by molar-refractivity contribution is -0.116. The maximum Gasteiger partial charge on any atom is 0.157 e. The second-order valence-electron chi connectivity index (χ2n) is 5.70. The van der Waals surface area contributed by atoms with Crippen molar-refractivity contribution in [3.05, 3.63) is 5.92 Å². The van der Waals surface area contributed by atoms with Crippen LogP contribution in [0.1, 0.15) is 12.8 Å². The van der Waals surface area contributed by atoms with Crippen LogP contribution in [0, 0.1) is 11.8 Å². The lowest BCUT2D eigenvalue weighted by Crippen LogP contribution is -2.46. The van der Waals surface area contributed by atoms with Crippen molar-refractivity contribution in [3.8, 4) is 0 Å². The zero-order valence-corrected chi connectivity index (χ0v) is 12.0. The van der Waals surface area contributed by atoms with Gasteiger partial charge in [0.2, 0.25) is 0 Å². The van der Waals surface area contributed by atoms with Gasteiger partial charge in [0.15, 0.2) is 5.92 Å². The molecule has 0 aromatic carbocycles. The van der Waals surface area contributed by atoms with E-state index in [1.54, 1.807) is 0 Å². The topological polar surface area (TPSA) is 182 Å². The molecule has 130 valence electrons. The minimum Gasteiger partial charge on any atom is -0.394 e. The first-order chi connectivity index (χ1) is 10.2. The number of hydrogen-bond donors (Lipinski definition) is 9. The van der Waals surface area contributed by atoms with Crippen LogP contribution in [0.2, 0.25) is 0 Å². The van der Waals surface area contributed by atoms with Crippen molar-refractivity contribution in [2.24, 2.45) is 5.92 Å². The van der Waals surface area contributed by atoms with E-state index in [0.717, 1.165) is 0 Å². The van der Waals surface area contributed by atoms with E-state index in [4.69, 9.17) is 10.2 Å². The molecule has 1 saturated carbocycles. The Morgan fingerprint density at radius 2 is 1.41 bits per heavy atom. The van der Waals surface area contributed by atoms with Crippen LogP contribution in [0.4, 0.5) is 0 Å². The highest BCUT2D eigenvalue weighted by atomic mass is 16.4. The summed E-state index contributed by atoms with van der Waals surface area (Å²) in [6.45, 7) is -1.45. The van der Waals surface area contributed by atoms with Crippen LogP contribution in [0.15, 0.2) is 0 Å². The van der Waals surface area contributed by atoms with E-state index in [2.05, 4.69) is 0 Å². The molecule has 1 aliphatic rings. The van der Waals surface area contributed by atoms with Crippen LogP contribution in [0.5, 0.6) is 0 Å². The molecule has 0 amide bonds. The van der Waals surface area contributed by atoms with Crippen molar-refractivity contribution >= 4 is 0 Å². The summed E-state index contributed by atoms with van der Waals surface area (Å²) in [5.74, 6) is -0.638. The van der Waals surface area contributed by atoms with E-state index in [9.17, 15) is 35.7 Å². The van der Waals surface area contributed by atoms with Crippen molar-refractivity contribution < 1.29 is 46.0 Å². The van der Waals surface area contributed by atoms with Gasteiger partial charge in [-0.25, -0.2) is 0 Å². The van der Waals surface area contributed by atoms with Gasteiger partial charge in [-0.2, -0.15) is 0 Å². The fourth-order valence-corrected chi connectivity index (χ4v) is 2.79. The summed E-state index contributed by atoms with van der Waals surface area (Å²) in [4.78, 5) is 0. The molecule has 8 atom stereocenters. The quantitative estimate of drug-likeness (QED) is 0.198. The molecule has 0 radical (unpaired) electrons. The van der Waals surface area contributed by atoms with Crippen molar-refractivity contribution in [1.29, 1.82) is 0 Å². The van der Waals surface area contributed by atoms with Gasteiger partial charge in [-0.15, -0.1) is 0 Å². The molecule has 0 aromatic rings. The maximum absolute atomic E-state index is 9.91. The summed E-state index contributed by atoms with van der Waals surface area (Å²) in [5, 5.41) is 85.3. The predicted molar refractivity (Wildman–Crippen MR) is 72.2 cm³/mol. The maximum atomic E-state index is 9.91. The van der Waals surface area contributed by atoms with Gasteiger partial charge < -0.3 is 46.0 Å². The highest BCUT2D eigenvalue weighted by Gasteiger charge is 2.55. The number of aliphatic hydroxyl groups excluding tert-OH is 9. The Morgan fingerprint density at radius 1 is 0.864 bits per heavy atom. The third-order valence-corrected chi connectivity index (χ3v) is 4.10. The van der Waals surface area contributed by atoms with Gasteiger partial charge in [-0.3, -0.25) is 0 Å². The third kappa shape index (κ3) is 4.28. The summed E-state index contributed by atoms with van der Waals surface area (Å²) < 4.78 is 0. The molecule has 0 spiro atoms. The molecular formula is C13H25O9+. The van der Waals surface area contributed by atoms with E-state index < -0.39 is 61.9 Å². The van der Waals surface area contributed by atoms with E-state index in [0.29, 0.717) is 5.92 Å². The summed E-state index contributed by atoms with van der Waals surface area (Å²) in [6.07, 6.45) is -10.8. The number of hydrogen-bond acceptors (Lipinski definition) is 9. The molecule has 0 unspecified atom stereocenters. The molecule has 9 nitrogen and oxygen atoms in total. The molecule has 0 bridgehead atoms. The second-order valence-corrected chi connectivity index (χ2v) is 5.70. The summed E-state index contributed by atoms with van der Waals surface area (Å²) in [5.41, 5.74) is 0. The van der Waals surface area contributed by atoms with Gasteiger partial charge in [0.1, 0.15) is 61.5 Å². The van der Waals surface area contributed by atoms with Gasteiger partial charge in [0.05, 0.1) is 13.2 Å². The normalized spacial score (nSPS) is 32.6. The van der Waals surface area contributed by atoms with E-state index >= 15 is 0 Å². The van der Waals surface area contributed by atoms with Gasteiger partial charge in [0, 0.05) is 0 Å². The number of aliphatic hydroxyl groups is 9. The van der Waals surface area contributed by atoms with Gasteiger partial charge in [-0.05, 0) is 0 Å². The Morgan fingerprint density at radius 3 is 1.91 bits per heavy atom. The summed E-state index contributed by atoms with van der Waals surface area (Å²) in [6, 6.07) is 0. The van der Waals surface area contributed by atoms with Crippen molar-refractivity contribution in [2.45, 2.75) is 55.6 Å². The minimum absolute atomic E-state index is 0.0364. The highest BCUT2D eigenvalue weighted by Crippen LogP contribution is 2.40. The van der Waals surface area contributed by atoms with Crippen LogP contribution < -0.4 is 0 Å². The smallest absolute Gasteiger partial charge is 0.157 e. The first kappa shape index (κ1) is 19.6. The van der Waals surface area contributed by atoms with Gasteiger partial charge in [-0.1, -0.05) is 0 Å². The summed E-state index contributed by atoms with van der Waals surface area (Å²) in [7, 11) is 0. The van der Waals surface area contributed by atoms with Crippen molar-refractivity contribution in [1.82, 2.24) is 0 Å². The van der Waals surface area contributed by atoms with E-state index in [1.165, 1.54) is 0 Å². The lowest BCUT2D eigenvalue weighted by Gasteiger charge is -2.26. The molecule has 0 heterocycles. The molecule has 1 aliphatic carbocycles. The van der Waals surface area contributed by atoms with Crippen molar-refractivity contribution in [3.63, 3.8) is 0 Å². The monoisotopic (exact) mass is 325 g/mol. The standard InChI is InChI=1S/C13H25O9/c14-3-8(18)10-5(1-6(16)11(10)20)2-7(17)12(21)13(22)9(19)4-15/h6-22H,1-4H2/q+1/t6-,7+,8-,9-,10+,11-,12-,13-/m1/s1. The zero-order chi connectivity index (χ0) is 17.0. The SMILES string of the molecule is OC[C@@H](O)[C@@H](O)[C@H](O)[C@@H](O)C[C+]1C[C@@H](O)[C@@H](O)[C@@H]1[C@H](O)CO. The van der Waals surface area contributed by atoms with E-state index in [1.807, 2.05) is 0 Å². The Hall–Kier alpha value is -0.490. The van der Waals surface area contributed by atoms with Crippen LogP contribution in [0.3, 0.4) is 0 Å². The average Bonchev–Trinajstić information content (AvgIpc) is 2.78. The van der Waals surface area contributed by atoms with Crippen LogP contribution in [0.25, 0.3) is 0 Å². The Balaban J connectivity index is 2.71. The molecule has 1 rings (SSSR count). The Bertz CT molecular complexity index is 329. The van der Waals surface area contributed by atoms with Crippen molar-refractivity contribution in [2.75, 3.05) is 13.2 Å². The van der Waals surface area contributed by atoms with Crippen LogP contribution in [-0.4, -0.2) is 102 Å². The first-order valence-corrected chi connectivity index (χ1v) is 7.07. The predicted octanol–water partition coefficient (Wildman–Crippen LogP) is -4.52. The number of rotatable bonds is 8. The molecule has 0 aromatic heterocycles. The molecule has 0 aliphatic heterocycles. The van der Waals surface area contributed by atoms with E-state index in [-0.39, 0.29) is 12.8 Å². The minimum atomic E-state index is -1.78. The first-order valence-electron chi connectivity index (χ1n) is 7.07. The Kier molecular flexibility index (Phi) is 7.46. The molecule has 9 N–H and O–H groups in total. The average molecular weight is 325 g/mol. The highest BCUT2D eigenvalue weighted by molar-refractivity contribution is 5.13. The Labute approximate surface area is 127 Å². The third-order valence-electron chi connectivity index (χ3n) is 4.10. The molecule has 1 fully saturated rings. The fourth-order valence-electron chi connectivity index (χ4n) is 2.79. The zero-order valence-electron chi connectivity index (χ0n) is 12.0. The largest absolute Gasteiger partial charge is 0.394 e. The summed E-state index contributed by atoms with van der Waals surface area (Å²) >= 11 is 0. The van der Waals surface area contributed by atoms with Crippen LogP contribution >= 0.6 is 0 Å². The lowest BCUT2D eigenvalue weighted by atomic mass is 9.84. The molecule has 0 saturated heterocycles. The molecular weight excluding hydrogens is 300 g/mol. The van der Waals surface area contributed by atoms with Gasteiger partial charge >= 0.3 is 0 Å². The molecule has 9 heteroatoms. The van der Waals surface area contributed by atoms with Gasteiger partial charge in [0.25, 0.3) is 0 Å². The fraction of sp³-hybridized carbons (Fsp3) is 0.923.